The van der Waals surface area contributed by atoms with Gasteiger partial charge in [-0.05, 0) is 49.9 Å². The summed E-state index contributed by atoms with van der Waals surface area (Å²) in [7, 11) is 1.60. The summed E-state index contributed by atoms with van der Waals surface area (Å²) in [5.74, 6) is 2.58. The molecular weight excluding hydrogens is 380 g/mol. The summed E-state index contributed by atoms with van der Waals surface area (Å²) in [5.41, 5.74) is 1.59. The molecule has 2 aliphatic rings. The van der Waals surface area contributed by atoms with Gasteiger partial charge in [0.2, 0.25) is 5.88 Å². The summed E-state index contributed by atoms with van der Waals surface area (Å²) in [6.07, 6.45) is 6.40. The Hall–Kier alpha value is -3.16. The molecule has 8 nitrogen and oxygen atoms in total. The van der Waals surface area contributed by atoms with E-state index in [0.29, 0.717) is 5.88 Å². The Morgan fingerprint density at radius 1 is 1.10 bits per heavy atom. The first kappa shape index (κ1) is 18.8. The lowest BCUT2D eigenvalue weighted by Crippen LogP contribution is -2.35. The first-order chi connectivity index (χ1) is 14.7. The number of hydrogen-bond donors (Lipinski definition) is 1. The van der Waals surface area contributed by atoms with E-state index in [1.807, 2.05) is 35.2 Å². The van der Waals surface area contributed by atoms with E-state index in [-0.39, 0.29) is 12.1 Å². The van der Waals surface area contributed by atoms with Crippen LogP contribution in [0.4, 0.5) is 10.5 Å². The molecule has 30 heavy (non-hydrogen) atoms. The maximum absolute atomic E-state index is 13.1. The van der Waals surface area contributed by atoms with Crippen molar-refractivity contribution in [2.24, 2.45) is 0 Å². The summed E-state index contributed by atoms with van der Waals surface area (Å²) < 4.78 is 7.43. The van der Waals surface area contributed by atoms with Crippen LogP contribution in [0, 0.1) is 0 Å². The second-order valence-corrected chi connectivity index (χ2v) is 7.98. The summed E-state index contributed by atoms with van der Waals surface area (Å²) in [4.78, 5) is 19.4. The van der Waals surface area contributed by atoms with Gasteiger partial charge in [-0.25, -0.2) is 9.78 Å². The topological polar surface area (TPSA) is 85.2 Å². The van der Waals surface area contributed by atoms with Gasteiger partial charge in [0.1, 0.15) is 5.82 Å². The van der Waals surface area contributed by atoms with E-state index in [1.54, 1.807) is 7.11 Å². The molecular formula is C22H26N6O2. The average Bonchev–Trinajstić information content (AvgIpc) is 3.34. The van der Waals surface area contributed by atoms with Crippen LogP contribution in [0.1, 0.15) is 49.8 Å². The number of nitrogens with zero attached hydrogens (tertiary/aromatic N) is 5. The fourth-order valence-corrected chi connectivity index (χ4v) is 4.53. The molecule has 1 atom stereocenters. The fraction of sp³-hybridized carbons (Fsp3) is 0.455. The lowest BCUT2D eigenvalue weighted by Gasteiger charge is -2.25. The van der Waals surface area contributed by atoms with Crippen LogP contribution in [0.25, 0.3) is 10.9 Å². The van der Waals surface area contributed by atoms with Gasteiger partial charge in [-0.2, -0.15) is 0 Å². The van der Waals surface area contributed by atoms with Gasteiger partial charge in [-0.15, -0.1) is 10.2 Å². The van der Waals surface area contributed by atoms with Crippen molar-refractivity contribution in [3.05, 3.63) is 42.0 Å². The minimum absolute atomic E-state index is 0.0178. The molecule has 2 aromatic heterocycles. The standard InChI is InChI=1S/C22H26N6O2/c1-30-20-11-8-15-14-16(9-10-17(15)24-20)23-22(29)27-13-5-6-18(27)21-26-25-19-7-3-2-4-12-28(19)21/h8-11,14,18H,2-7,12-13H2,1H3,(H,23,29). The van der Waals surface area contributed by atoms with E-state index in [4.69, 9.17) is 4.74 Å². The quantitative estimate of drug-likeness (QED) is 0.712. The number of anilines is 1. The highest BCUT2D eigenvalue weighted by Gasteiger charge is 2.34. The van der Waals surface area contributed by atoms with Gasteiger partial charge >= 0.3 is 6.03 Å². The molecule has 1 N–H and O–H groups in total. The second kappa shape index (κ2) is 7.93. The number of rotatable bonds is 3. The predicted molar refractivity (Wildman–Crippen MR) is 114 cm³/mol. The third kappa shape index (κ3) is 3.46. The number of pyridine rings is 1. The number of aromatic nitrogens is 4. The van der Waals surface area contributed by atoms with Gasteiger partial charge in [0, 0.05) is 36.7 Å². The van der Waals surface area contributed by atoms with Crippen molar-refractivity contribution in [1.29, 1.82) is 0 Å². The smallest absolute Gasteiger partial charge is 0.322 e. The molecule has 0 saturated carbocycles. The lowest BCUT2D eigenvalue weighted by atomic mass is 10.2. The molecule has 4 heterocycles. The number of benzene rings is 1. The van der Waals surface area contributed by atoms with E-state index < -0.39 is 0 Å². The predicted octanol–water partition coefficient (Wildman–Crippen LogP) is 3.93. The van der Waals surface area contributed by atoms with E-state index in [1.165, 1.54) is 6.42 Å². The normalized spacial score (nSPS) is 18.8. The van der Waals surface area contributed by atoms with Crippen molar-refractivity contribution in [3.8, 4) is 5.88 Å². The molecule has 3 aromatic rings. The summed E-state index contributed by atoms with van der Waals surface area (Å²) in [5, 5.41) is 12.9. The van der Waals surface area contributed by atoms with Gasteiger partial charge < -0.3 is 19.5 Å². The van der Waals surface area contributed by atoms with Crippen LogP contribution in [0.2, 0.25) is 0 Å². The molecule has 8 heteroatoms. The van der Waals surface area contributed by atoms with Crippen LogP contribution in [-0.2, 0) is 13.0 Å². The fourth-order valence-electron chi connectivity index (χ4n) is 4.53. The Kier molecular flexibility index (Phi) is 4.98. The summed E-state index contributed by atoms with van der Waals surface area (Å²) >= 11 is 0. The van der Waals surface area contributed by atoms with Crippen molar-refractivity contribution in [2.45, 2.75) is 51.1 Å². The Labute approximate surface area is 175 Å². The number of likely N-dealkylation sites (tertiary alicyclic amines) is 1. The van der Waals surface area contributed by atoms with Gasteiger partial charge in [-0.1, -0.05) is 6.42 Å². The van der Waals surface area contributed by atoms with Gasteiger partial charge in [0.05, 0.1) is 18.7 Å². The number of hydrogen-bond acceptors (Lipinski definition) is 5. The first-order valence-electron chi connectivity index (χ1n) is 10.7. The largest absolute Gasteiger partial charge is 0.481 e. The highest BCUT2D eigenvalue weighted by molar-refractivity contribution is 5.93. The number of aryl methyl sites for hydroxylation is 1. The molecule has 0 radical (unpaired) electrons. The molecule has 2 aliphatic heterocycles. The highest BCUT2D eigenvalue weighted by Crippen LogP contribution is 2.33. The maximum Gasteiger partial charge on any atom is 0.322 e. The Morgan fingerprint density at radius 2 is 2.03 bits per heavy atom. The van der Waals surface area contributed by atoms with Crippen LogP contribution in [0.15, 0.2) is 30.3 Å². The molecule has 0 bridgehead atoms. The molecule has 156 valence electrons. The van der Waals surface area contributed by atoms with E-state index in [9.17, 15) is 4.79 Å². The van der Waals surface area contributed by atoms with E-state index >= 15 is 0 Å². The van der Waals surface area contributed by atoms with Gasteiger partial charge in [-0.3, -0.25) is 0 Å². The molecule has 1 unspecified atom stereocenters. The zero-order chi connectivity index (χ0) is 20.5. The average molecular weight is 406 g/mol. The van der Waals surface area contributed by atoms with Crippen LogP contribution in [0.5, 0.6) is 5.88 Å². The second-order valence-electron chi connectivity index (χ2n) is 7.98. The molecule has 5 rings (SSSR count). The van der Waals surface area contributed by atoms with Crippen LogP contribution < -0.4 is 10.1 Å². The first-order valence-corrected chi connectivity index (χ1v) is 10.7. The number of ether oxygens (including phenoxy) is 1. The summed E-state index contributed by atoms with van der Waals surface area (Å²) in [6.45, 7) is 1.68. The molecule has 1 fully saturated rings. The van der Waals surface area contributed by atoms with Crippen LogP contribution in [0.3, 0.4) is 0 Å². The molecule has 1 saturated heterocycles. The van der Waals surface area contributed by atoms with E-state index in [2.05, 4.69) is 25.1 Å². The lowest BCUT2D eigenvalue weighted by molar-refractivity contribution is 0.203. The number of carbonyl (C=O) groups is 1. The minimum atomic E-state index is -0.0932. The minimum Gasteiger partial charge on any atom is -0.481 e. The Balaban J connectivity index is 1.36. The SMILES string of the molecule is COc1ccc2cc(NC(=O)N3CCCC3c3nnc4n3CCCCC4)ccc2n1. The Bertz CT molecular complexity index is 1080. The summed E-state index contributed by atoms with van der Waals surface area (Å²) in [6, 6.07) is 9.37. The molecule has 0 aliphatic carbocycles. The van der Waals surface area contributed by atoms with Crippen LogP contribution >= 0.6 is 0 Å². The number of fused-ring (bicyclic) bond motifs is 2. The number of nitrogens with one attached hydrogen (secondary N) is 1. The highest BCUT2D eigenvalue weighted by atomic mass is 16.5. The van der Waals surface area contributed by atoms with Crippen molar-refractivity contribution >= 4 is 22.6 Å². The maximum atomic E-state index is 13.1. The van der Waals surface area contributed by atoms with Crippen molar-refractivity contribution in [1.82, 2.24) is 24.6 Å². The Morgan fingerprint density at radius 3 is 2.93 bits per heavy atom. The monoisotopic (exact) mass is 406 g/mol. The van der Waals surface area contributed by atoms with Crippen molar-refractivity contribution < 1.29 is 9.53 Å². The molecule has 2 amide bonds. The number of urea groups is 1. The van der Waals surface area contributed by atoms with Crippen molar-refractivity contribution in [2.75, 3.05) is 19.0 Å². The van der Waals surface area contributed by atoms with Gasteiger partial charge in [0.25, 0.3) is 0 Å². The third-order valence-electron chi connectivity index (χ3n) is 6.07. The van der Waals surface area contributed by atoms with Crippen molar-refractivity contribution in [3.63, 3.8) is 0 Å². The van der Waals surface area contributed by atoms with Gasteiger partial charge in [0.15, 0.2) is 5.82 Å². The molecule has 1 aromatic carbocycles. The number of carbonyl (C=O) groups excluding carboxylic acids is 1. The third-order valence-corrected chi connectivity index (χ3v) is 6.07. The zero-order valence-corrected chi connectivity index (χ0v) is 17.2. The number of amides is 2. The number of methoxy groups -OCH3 is 1. The van der Waals surface area contributed by atoms with Crippen LogP contribution in [-0.4, -0.2) is 44.3 Å². The zero-order valence-electron chi connectivity index (χ0n) is 17.2. The molecule has 0 spiro atoms. The van der Waals surface area contributed by atoms with E-state index in [0.717, 1.165) is 73.4 Å².